The second-order valence-corrected chi connectivity index (χ2v) is 21.5. The van der Waals surface area contributed by atoms with Gasteiger partial charge in [0.1, 0.15) is 55.4 Å². The summed E-state index contributed by atoms with van der Waals surface area (Å²) >= 11 is 0. The van der Waals surface area contributed by atoms with Gasteiger partial charge in [-0.05, 0) is 38.5 Å². The predicted octanol–water partition coefficient (Wildman–Crippen LogP) is 10.5. The Hall–Kier alpha value is -1.76. The number of aliphatic hydroxyl groups is 7. The van der Waals surface area contributed by atoms with Crippen molar-refractivity contribution in [1.29, 1.82) is 0 Å². The molecule has 74 heavy (non-hydrogen) atoms. The maximum absolute atomic E-state index is 13.1. The average molecular weight is 1060 g/mol. The Bertz CT molecular complexity index is 1340. The molecule has 2 fully saturated rings. The first-order chi connectivity index (χ1) is 36.0. The van der Waals surface area contributed by atoms with Crippen LogP contribution in [-0.4, -0.2) is 142 Å². The zero-order valence-corrected chi connectivity index (χ0v) is 46.6. The Morgan fingerprint density at radius 3 is 1.19 bits per heavy atom. The number of unbranched alkanes of at least 4 members (excludes halogenated alkanes) is 33. The van der Waals surface area contributed by atoms with E-state index in [1.165, 1.54) is 161 Å². The van der Waals surface area contributed by atoms with Crippen molar-refractivity contribution in [3.63, 3.8) is 0 Å². The van der Waals surface area contributed by atoms with Gasteiger partial charge in [-0.1, -0.05) is 219 Å². The summed E-state index contributed by atoms with van der Waals surface area (Å²) in [6.45, 7) is 2.63. The SMILES string of the molecule is CCCCCCCC/C=C\CCCCCCCC(=O)OC(COC(=O)CCCCCCCCCCCCCCCCCCCCCCCCC)COC1OC(COC2OC(CO)C(O)C(O)C2O)C(O)C(O)C1O. The van der Waals surface area contributed by atoms with E-state index in [1.807, 2.05) is 0 Å². The van der Waals surface area contributed by atoms with Crippen LogP contribution in [0.5, 0.6) is 0 Å². The number of carbonyl (C=O) groups is 2. The van der Waals surface area contributed by atoms with Crippen LogP contribution >= 0.6 is 0 Å². The fourth-order valence-corrected chi connectivity index (χ4v) is 9.80. The Labute approximate surface area is 448 Å². The van der Waals surface area contributed by atoms with Gasteiger partial charge in [-0.25, -0.2) is 0 Å². The van der Waals surface area contributed by atoms with Crippen LogP contribution in [0.4, 0.5) is 0 Å². The molecule has 2 aliphatic rings. The number of hydrogen-bond acceptors (Lipinski definition) is 15. The molecule has 0 aromatic carbocycles. The van der Waals surface area contributed by atoms with Crippen LogP contribution in [0.3, 0.4) is 0 Å². The summed E-state index contributed by atoms with van der Waals surface area (Å²) in [6, 6.07) is 0. The van der Waals surface area contributed by atoms with Crippen molar-refractivity contribution in [3.05, 3.63) is 12.2 Å². The summed E-state index contributed by atoms with van der Waals surface area (Å²) in [5.41, 5.74) is 0. The van der Waals surface area contributed by atoms with Gasteiger partial charge in [0, 0.05) is 12.8 Å². The van der Waals surface area contributed by atoms with Gasteiger partial charge in [0.25, 0.3) is 0 Å². The summed E-state index contributed by atoms with van der Waals surface area (Å²) in [5, 5.41) is 72.3. The highest BCUT2D eigenvalue weighted by molar-refractivity contribution is 5.70. The molecule has 0 aromatic heterocycles. The lowest BCUT2D eigenvalue weighted by Crippen LogP contribution is -2.61. The summed E-state index contributed by atoms with van der Waals surface area (Å²) < 4.78 is 33.7. The molecule has 0 bridgehead atoms. The lowest BCUT2D eigenvalue weighted by Gasteiger charge is -2.42. The number of aliphatic hydroxyl groups excluding tert-OH is 7. The van der Waals surface area contributed by atoms with Crippen molar-refractivity contribution in [1.82, 2.24) is 0 Å². The second kappa shape index (κ2) is 46.2. The molecule has 11 unspecified atom stereocenters. The highest BCUT2D eigenvalue weighted by atomic mass is 16.7. The zero-order valence-electron chi connectivity index (χ0n) is 46.6. The van der Waals surface area contributed by atoms with Gasteiger partial charge in [0.15, 0.2) is 18.7 Å². The van der Waals surface area contributed by atoms with Crippen molar-refractivity contribution in [3.8, 4) is 0 Å². The minimum Gasteiger partial charge on any atom is -0.462 e. The Balaban J connectivity index is 1.71. The number of rotatable bonds is 49. The highest BCUT2D eigenvalue weighted by Gasteiger charge is 2.47. The molecule has 0 amide bonds. The zero-order chi connectivity index (χ0) is 53.9. The van der Waals surface area contributed by atoms with Crippen molar-refractivity contribution in [2.24, 2.45) is 0 Å². The second-order valence-electron chi connectivity index (χ2n) is 21.5. The van der Waals surface area contributed by atoms with Crippen LogP contribution in [0, 0.1) is 0 Å². The van der Waals surface area contributed by atoms with Crippen LogP contribution in [0.1, 0.15) is 258 Å². The molecule has 0 aliphatic carbocycles. The third kappa shape index (κ3) is 32.9. The van der Waals surface area contributed by atoms with Crippen LogP contribution in [-0.2, 0) is 38.0 Å². The van der Waals surface area contributed by atoms with E-state index < -0.39 is 92.7 Å². The molecule has 15 nitrogen and oxygen atoms in total. The average Bonchev–Trinajstić information content (AvgIpc) is 3.39. The Morgan fingerprint density at radius 1 is 0.419 bits per heavy atom. The molecule has 0 radical (unpaired) electrons. The quantitative estimate of drug-likeness (QED) is 0.0171. The van der Waals surface area contributed by atoms with Crippen LogP contribution in [0.2, 0.25) is 0 Å². The van der Waals surface area contributed by atoms with Crippen molar-refractivity contribution >= 4 is 11.9 Å². The summed E-state index contributed by atoms with van der Waals surface area (Å²) in [6.07, 6.45) is 32.4. The van der Waals surface area contributed by atoms with E-state index in [9.17, 15) is 45.3 Å². The highest BCUT2D eigenvalue weighted by Crippen LogP contribution is 2.27. The molecule has 0 spiro atoms. The standard InChI is InChI=1S/C59H110O15/c1-3-5-7-9-11-13-15-17-19-20-21-22-23-24-25-26-28-29-31-33-35-37-39-41-50(61)69-44-47(72-51(62)42-40-38-36-34-32-30-27-18-16-14-12-10-8-6-4-2)45-70-58-57(68)55(66)53(64)49(74-58)46-71-59-56(67)54(65)52(63)48(43-60)73-59/h18,27,47-49,52-60,63-68H,3-17,19-26,28-46H2,1-2H3/b27-18-. The summed E-state index contributed by atoms with van der Waals surface area (Å²) in [5.74, 6) is -0.918. The fraction of sp³-hybridized carbons (Fsp3) is 0.932. The van der Waals surface area contributed by atoms with Gasteiger partial charge < -0.3 is 64.2 Å². The molecular formula is C59H110O15. The van der Waals surface area contributed by atoms with Crippen molar-refractivity contribution in [2.45, 2.75) is 325 Å². The van der Waals surface area contributed by atoms with E-state index in [4.69, 9.17) is 28.4 Å². The predicted molar refractivity (Wildman–Crippen MR) is 289 cm³/mol. The molecule has 7 N–H and O–H groups in total. The van der Waals surface area contributed by atoms with E-state index in [2.05, 4.69) is 26.0 Å². The van der Waals surface area contributed by atoms with Crippen LogP contribution in [0.15, 0.2) is 12.2 Å². The van der Waals surface area contributed by atoms with Gasteiger partial charge >= 0.3 is 11.9 Å². The van der Waals surface area contributed by atoms with Gasteiger partial charge in [0.2, 0.25) is 0 Å². The first-order valence-electron chi connectivity index (χ1n) is 30.3. The third-order valence-electron chi connectivity index (χ3n) is 14.7. The normalized spacial score (nSPS) is 24.7. The molecule has 2 rings (SSSR count). The molecule has 0 saturated carbocycles. The molecular weight excluding hydrogens is 949 g/mol. The minimum absolute atomic E-state index is 0.160. The van der Waals surface area contributed by atoms with E-state index in [0.29, 0.717) is 12.8 Å². The minimum atomic E-state index is -1.76. The van der Waals surface area contributed by atoms with Gasteiger partial charge in [-0.15, -0.1) is 0 Å². The Kier molecular flexibility index (Phi) is 42.7. The smallest absolute Gasteiger partial charge is 0.306 e. The van der Waals surface area contributed by atoms with Crippen molar-refractivity contribution in [2.75, 3.05) is 26.4 Å². The number of carbonyl (C=O) groups excluding carboxylic acids is 2. The van der Waals surface area contributed by atoms with Gasteiger partial charge in [0.05, 0.1) is 19.8 Å². The van der Waals surface area contributed by atoms with E-state index in [0.717, 1.165) is 57.8 Å². The largest absolute Gasteiger partial charge is 0.462 e. The van der Waals surface area contributed by atoms with E-state index >= 15 is 0 Å². The fourth-order valence-electron chi connectivity index (χ4n) is 9.80. The first kappa shape index (κ1) is 68.3. The van der Waals surface area contributed by atoms with Crippen LogP contribution < -0.4 is 0 Å². The molecule has 436 valence electrons. The lowest BCUT2D eigenvalue weighted by atomic mass is 9.98. The third-order valence-corrected chi connectivity index (χ3v) is 14.7. The first-order valence-corrected chi connectivity index (χ1v) is 30.3. The summed E-state index contributed by atoms with van der Waals surface area (Å²) in [7, 11) is 0. The maximum Gasteiger partial charge on any atom is 0.306 e. The van der Waals surface area contributed by atoms with Gasteiger partial charge in [-0.2, -0.15) is 0 Å². The Morgan fingerprint density at radius 2 is 0.770 bits per heavy atom. The van der Waals surface area contributed by atoms with Crippen LogP contribution in [0.25, 0.3) is 0 Å². The van der Waals surface area contributed by atoms with E-state index in [-0.39, 0.29) is 26.1 Å². The number of esters is 2. The van der Waals surface area contributed by atoms with Crippen molar-refractivity contribution < 1.29 is 73.8 Å². The number of allylic oxidation sites excluding steroid dienone is 2. The van der Waals surface area contributed by atoms with Gasteiger partial charge in [-0.3, -0.25) is 9.59 Å². The molecule has 2 saturated heterocycles. The molecule has 15 heteroatoms. The number of hydrogen-bond donors (Lipinski definition) is 7. The van der Waals surface area contributed by atoms with E-state index in [1.54, 1.807) is 0 Å². The maximum atomic E-state index is 13.1. The monoisotopic (exact) mass is 1060 g/mol. The lowest BCUT2D eigenvalue weighted by molar-refractivity contribution is -0.332. The summed E-state index contributed by atoms with van der Waals surface area (Å²) in [4.78, 5) is 25.9. The molecule has 11 atom stereocenters. The number of ether oxygens (including phenoxy) is 6. The molecule has 2 aliphatic heterocycles. The topological polar surface area (TPSA) is 231 Å². The molecule has 0 aromatic rings. The molecule has 2 heterocycles.